The van der Waals surface area contributed by atoms with Gasteiger partial charge in [0.25, 0.3) is 0 Å². The summed E-state index contributed by atoms with van der Waals surface area (Å²) >= 11 is 2.88. The number of amides is 1. The van der Waals surface area contributed by atoms with E-state index in [0.29, 0.717) is 25.1 Å². The fourth-order valence-electron chi connectivity index (χ4n) is 1.46. The van der Waals surface area contributed by atoms with Crippen molar-refractivity contribution in [2.45, 2.75) is 19.0 Å². The summed E-state index contributed by atoms with van der Waals surface area (Å²) < 4.78 is 38.0. The molecule has 1 amide bonds. The maximum Gasteiger partial charge on any atom is 0.417 e. The Hall–Kier alpha value is -1.24. The lowest BCUT2D eigenvalue weighted by Gasteiger charge is -2.12. The molecule has 0 aliphatic rings. The van der Waals surface area contributed by atoms with Gasteiger partial charge in [-0.2, -0.15) is 13.2 Å². The van der Waals surface area contributed by atoms with Crippen molar-refractivity contribution in [2.24, 2.45) is 0 Å². The van der Waals surface area contributed by atoms with Crippen LogP contribution in [-0.4, -0.2) is 19.5 Å². The number of alkyl halides is 3. The number of halogens is 4. The van der Waals surface area contributed by atoms with E-state index in [4.69, 9.17) is 0 Å². The summed E-state index contributed by atoms with van der Waals surface area (Å²) in [6.07, 6.45) is -3.50. The molecule has 1 aromatic rings. The van der Waals surface area contributed by atoms with Crippen LogP contribution < -0.4 is 10.6 Å². The minimum atomic E-state index is -4.39. The van der Waals surface area contributed by atoms with Crippen LogP contribution in [0.25, 0.3) is 0 Å². The summed E-state index contributed by atoms with van der Waals surface area (Å²) in [6, 6.07) is 3.95. The Bertz CT molecular complexity index is 449. The Kier molecular flexibility index (Phi) is 5.65. The molecular weight excluding hydrogens is 325 g/mol. The number of carbonyl (C=O) groups is 1. The minimum absolute atomic E-state index is 0.0101. The molecule has 0 aromatic heterocycles. The number of benzene rings is 1. The van der Waals surface area contributed by atoms with Gasteiger partial charge >= 0.3 is 6.18 Å². The van der Waals surface area contributed by atoms with Gasteiger partial charge in [0.15, 0.2) is 0 Å². The Morgan fingerprint density at radius 1 is 1.37 bits per heavy atom. The number of nitrogens with one attached hydrogen (secondary N) is 2. The first-order valence-electron chi connectivity index (χ1n) is 5.66. The van der Waals surface area contributed by atoms with Crippen LogP contribution in [0.15, 0.2) is 22.7 Å². The smallest absolute Gasteiger partial charge is 0.385 e. The summed E-state index contributed by atoms with van der Waals surface area (Å²) in [6.45, 7) is 0.437. The second-order valence-electron chi connectivity index (χ2n) is 3.90. The lowest BCUT2D eigenvalue weighted by atomic mass is 10.2. The molecule has 0 heterocycles. The Morgan fingerprint density at radius 2 is 2.05 bits per heavy atom. The molecular formula is C12H14BrF3N2O. The molecule has 106 valence electrons. The second-order valence-corrected chi connectivity index (χ2v) is 4.75. The van der Waals surface area contributed by atoms with Gasteiger partial charge < -0.3 is 10.6 Å². The van der Waals surface area contributed by atoms with E-state index in [9.17, 15) is 18.0 Å². The van der Waals surface area contributed by atoms with E-state index in [2.05, 4.69) is 26.6 Å². The first kappa shape index (κ1) is 15.8. The molecule has 1 rings (SSSR count). The first-order valence-corrected chi connectivity index (χ1v) is 6.45. The standard InChI is InChI=1S/C12H14BrF3N2O/c1-17-11(19)3-2-6-18-8-4-5-10(13)9(7-8)12(14,15)16/h4-5,7,18H,2-3,6H2,1H3,(H,17,19). The van der Waals surface area contributed by atoms with E-state index < -0.39 is 11.7 Å². The highest BCUT2D eigenvalue weighted by atomic mass is 79.9. The molecule has 3 nitrogen and oxygen atoms in total. The molecule has 0 saturated carbocycles. The van der Waals surface area contributed by atoms with Gasteiger partial charge in [0.2, 0.25) is 5.91 Å². The van der Waals surface area contributed by atoms with Crippen LogP contribution >= 0.6 is 15.9 Å². The van der Waals surface area contributed by atoms with Crippen molar-refractivity contribution in [1.29, 1.82) is 0 Å². The van der Waals surface area contributed by atoms with Crippen LogP contribution in [0.5, 0.6) is 0 Å². The number of hydrogen-bond donors (Lipinski definition) is 2. The number of hydrogen-bond acceptors (Lipinski definition) is 2. The summed E-state index contributed by atoms with van der Waals surface area (Å²) in [5.41, 5.74) is -0.337. The van der Waals surface area contributed by atoms with Gasteiger partial charge in [-0.25, -0.2) is 0 Å². The molecule has 2 N–H and O–H groups in total. The Morgan fingerprint density at radius 3 is 2.63 bits per heavy atom. The van der Waals surface area contributed by atoms with Crippen molar-refractivity contribution in [3.8, 4) is 0 Å². The van der Waals surface area contributed by atoms with Crippen LogP contribution in [0.3, 0.4) is 0 Å². The number of carbonyl (C=O) groups excluding carboxylic acids is 1. The first-order chi connectivity index (χ1) is 8.84. The van der Waals surface area contributed by atoms with Crippen molar-refractivity contribution in [2.75, 3.05) is 18.9 Å². The van der Waals surface area contributed by atoms with Gasteiger partial charge in [0.05, 0.1) is 5.56 Å². The largest absolute Gasteiger partial charge is 0.417 e. The third-order valence-corrected chi connectivity index (χ3v) is 3.15. The molecule has 0 bridgehead atoms. The summed E-state index contributed by atoms with van der Waals surface area (Å²) in [5.74, 6) is -0.0893. The zero-order valence-corrected chi connectivity index (χ0v) is 11.9. The summed E-state index contributed by atoms with van der Waals surface area (Å²) in [4.78, 5) is 11.0. The van der Waals surface area contributed by atoms with E-state index >= 15 is 0 Å². The average molecular weight is 339 g/mol. The average Bonchev–Trinajstić information content (AvgIpc) is 2.34. The highest BCUT2D eigenvalue weighted by molar-refractivity contribution is 9.10. The minimum Gasteiger partial charge on any atom is -0.385 e. The number of anilines is 1. The number of rotatable bonds is 5. The van der Waals surface area contributed by atoms with Gasteiger partial charge in [-0.3, -0.25) is 4.79 Å². The topological polar surface area (TPSA) is 41.1 Å². The van der Waals surface area contributed by atoms with Crippen LogP contribution in [0.1, 0.15) is 18.4 Å². The van der Waals surface area contributed by atoms with Gasteiger partial charge in [0.1, 0.15) is 0 Å². The van der Waals surface area contributed by atoms with Crippen LogP contribution in [0, 0.1) is 0 Å². The van der Waals surface area contributed by atoms with Crippen molar-refractivity contribution < 1.29 is 18.0 Å². The quantitative estimate of drug-likeness (QED) is 0.808. The predicted octanol–water partition coefficient (Wildman–Crippen LogP) is 3.41. The Balaban J connectivity index is 2.58. The van der Waals surface area contributed by atoms with Gasteiger partial charge in [-0.05, 0) is 24.6 Å². The zero-order valence-electron chi connectivity index (χ0n) is 10.3. The monoisotopic (exact) mass is 338 g/mol. The van der Waals surface area contributed by atoms with E-state index in [-0.39, 0.29) is 10.4 Å². The highest BCUT2D eigenvalue weighted by Crippen LogP contribution is 2.36. The molecule has 0 atom stereocenters. The second kappa shape index (κ2) is 6.79. The van der Waals surface area contributed by atoms with E-state index in [0.717, 1.165) is 6.07 Å². The summed E-state index contributed by atoms with van der Waals surface area (Å²) in [5, 5.41) is 5.34. The molecule has 0 saturated heterocycles. The maximum absolute atomic E-state index is 12.7. The van der Waals surface area contributed by atoms with E-state index in [1.165, 1.54) is 6.07 Å². The van der Waals surface area contributed by atoms with Crippen LogP contribution in [0.4, 0.5) is 18.9 Å². The molecule has 0 fully saturated rings. The molecule has 0 unspecified atom stereocenters. The maximum atomic E-state index is 12.7. The van der Waals surface area contributed by atoms with Crippen molar-refractivity contribution >= 4 is 27.5 Å². The van der Waals surface area contributed by atoms with Crippen molar-refractivity contribution in [3.05, 3.63) is 28.2 Å². The normalized spacial score (nSPS) is 11.2. The highest BCUT2D eigenvalue weighted by Gasteiger charge is 2.33. The fourth-order valence-corrected chi connectivity index (χ4v) is 1.93. The fraction of sp³-hybridized carbons (Fsp3) is 0.417. The molecule has 19 heavy (non-hydrogen) atoms. The third kappa shape index (κ3) is 5.10. The molecule has 7 heteroatoms. The molecule has 0 aliphatic heterocycles. The van der Waals surface area contributed by atoms with Crippen LogP contribution in [-0.2, 0) is 11.0 Å². The van der Waals surface area contributed by atoms with Gasteiger partial charge in [-0.1, -0.05) is 15.9 Å². The Labute approximate surface area is 117 Å². The molecule has 0 aliphatic carbocycles. The van der Waals surface area contributed by atoms with Crippen molar-refractivity contribution in [3.63, 3.8) is 0 Å². The van der Waals surface area contributed by atoms with Crippen LogP contribution in [0.2, 0.25) is 0 Å². The molecule has 0 spiro atoms. The van der Waals surface area contributed by atoms with E-state index in [1.54, 1.807) is 13.1 Å². The lowest BCUT2D eigenvalue weighted by Crippen LogP contribution is -2.18. The molecule has 1 aromatic carbocycles. The van der Waals surface area contributed by atoms with Gasteiger partial charge in [0, 0.05) is 30.2 Å². The molecule has 0 radical (unpaired) electrons. The third-order valence-electron chi connectivity index (χ3n) is 2.46. The lowest BCUT2D eigenvalue weighted by molar-refractivity contribution is -0.138. The van der Waals surface area contributed by atoms with E-state index in [1.807, 2.05) is 0 Å². The summed E-state index contributed by atoms with van der Waals surface area (Å²) in [7, 11) is 1.54. The predicted molar refractivity (Wildman–Crippen MR) is 70.9 cm³/mol. The zero-order chi connectivity index (χ0) is 14.5. The SMILES string of the molecule is CNC(=O)CCCNc1ccc(Br)c(C(F)(F)F)c1. The van der Waals surface area contributed by atoms with Crippen molar-refractivity contribution in [1.82, 2.24) is 5.32 Å². The van der Waals surface area contributed by atoms with Gasteiger partial charge in [-0.15, -0.1) is 0 Å².